The molecule has 1 aromatic carbocycles. The highest BCUT2D eigenvalue weighted by atomic mass is 16.5. The third kappa shape index (κ3) is 3.34. The molecule has 1 aliphatic rings. The highest BCUT2D eigenvalue weighted by Crippen LogP contribution is 2.18. The molecule has 23 heavy (non-hydrogen) atoms. The molecule has 0 saturated carbocycles. The second-order valence-corrected chi connectivity index (χ2v) is 5.58. The Bertz CT molecular complexity index is 692. The average molecular weight is 316 g/mol. The number of nitrogens with zero attached hydrogens (tertiary/aromatic N) is 3. The lowest BCUT2D eigenvalue weighted by atomic mass is 10.1. The highest BCUT2D eigenvalue weighted by molar-refractivity contribution is 5.93. The number of methoxy groups -OCH3 is 1. The van der Waals surface area contributed by atoms with Crippen molar-refractivity contribution in [2.45, 2.75) is 13.3 Å². The summed E-state index contributed by atoms with van der Waals surface area (Å²) in [6.07, 6.45) is 0.982. The van der Waals surface area contributed by atoms with Crippen LogP contribution < -0.4 is 10.1 Å². The summed E-state index contributed by atoms with van der Waals surface area (Å²) in [4.78, 5) is 12.3. The van der Waals surface area contributed by atoms with Crippen LogP contribution in [-0.2, 0) is 4.74 Å². The van der Waals surface area contributed by atoms with Gasteiger partial charge in [-0.15, -0.1) is 5.10 Å². The number of hydrogen-bond donors (Lipinski definition) is 1. The zero-order valence-corrected chi connectivity index (χ0v) is 13.3. The first-order valence-corrected chi connectivity index (χ1v) is 7.61. The fourth-order valence-corrected chi connectivity index (χ4v) is 2.59. The zero-order chi connectivity index (χ0) is 16.2. The quantitative estimate of drug-likeness (QED) is 0.901. The molecule has 122 valence electrons. The second-order valence-electron chi connectivity index (χ2n) is 5.58. The molecule has 1 aromatic heterocycles. The third-order valence-electron chi connectivity index (χ3n) is 3.98. The number of carbonyl (C=O) groups is 1. The maximum absolute atomic E-state index is 12.3. The van der Waals surface area contributed by atoms with Gasteiger partial charge < -0.3 is 14.8 Å². The van der Waals surface area contributed by atoms with Crippen molar-refractivity contribution in [3.8, 4) is 11.4 Å². The van der Waals surface area contributed by atoms with Crippen molar-refractivity contribution in [1.29, 1.82) is 0 Å². The first kappa shape index (κ1) is 15.5. The van der Waals surface area contributed by atoms with Gasteiger partial charge in [-0.1, -0.05) is 11.3 Å². The van der Waals surface area contributed by atoms with Gasteiger partial charge in [0, 0.05) is 25.1 Å². The molecule has 2 heterocycles. The van der Waals surface area contributed by atoms with Gasteiger partial charge in [0.1, 0.15) is 5.75 Å². The van der Waals surface area contributed by atoms with Crippen LogP contribution in [0.5, 0.6) is 5.75 Å². The van der Waals surface area contributed by atoms with Gasteiger partial charge in [0.25, 0.3) is 5.91 Å². The minimum atomic E-state index is -0.205. The van der Waals surface area contributed by atoms with Gasteiger partial charge in [0.15, 0.2) is 5.69 Å². The summed E-state index contributed by atoms with van der Waals surface area (Å²) >= 11 is 0. The molecule has 0 bridgehead atoms. The molecule has 1 atom stereocenters. The summed E-state index contributed by atoms with van der Waals surface area (Å²) in [5.74, 6) is 0.904. The first-order chi connectivity index (χ1) is 11.2. The van der Waals surface area contributed by atoms with Gasteiger partial charge >= 0.3 is 0 Å². The van der Waals surface area contributed by atoms with Crippen molar-refractivity contribution in [2.24, 2.45) is 5.92 Å². The van der Waals surface area contributed by atoms with E-state index >= 15 is 0 Å². The molecule has 1 saturated heterocycles. The number of aromatic nitrogens is 3. The molecule has 7 nitrogen and oxygen atoms in total. The smallest absolute Gasteiger partial charge is 0.273 e. The van der Waals surface area contributed by atoms with E-state index in [2.05, 4.69) is 15.6 Å². The molecule has 1 amide bonds. The summed E-state index contributed by atoms with van der Waals surface area (Å²) in [7, 11) is 1.61. The van der Waals surface area contributed by atoms with Crippen LogP contribution >= 0.6 is 0 Å². The van der Waals surface area contributed by atoms with E-state index in [-0.39, 0.29) is 5.91 Å². The van der Waals surface area contributed by atoms with E-state index in [1.165, 1.54) is 0 Å². The van der Waals surface area contributed by atoms with Crippen LogP contribution in [0.2, 0.25) is 0 Å². The number of benzene rings is 1. The van der Waals surface area contributed by atoms with Gasteiger partial charge in [0.05, 0.1) is 25.1 Å². The maximum Gasteiger partial charge on any atom is 0.273 e. The van der Waals surface area contributed by atoms with Crippen LogP contribution in [0.25, 0.3) is 5.69 Å². The predicted molar refractivity (Wildman–Crippen MR) is 83.9 cm³/mol. The Kier molecular flexibility index (Phi) is 4.57. The monoisotopic (exact) mass is 316 g/mol. The standard InChI is InChI=1S/C16H20N4O3/c1-11-15(16(21)17-9-12-6-7-23-10-12)18-19-20(11)13-4-3-5-14(8-13)22-2/h3-5,8,12H,6-7,9-10H2,1-2H3,(H,17,21)/t12-/m0/s1. The number of amides is 1. The Morgan fingerprint density at radius 1 is 1.52 bits per heavy atom. The van der Waals surface area contributed by atoms with Gasteiger partial charge in [0.2, 0.25) is 0 Å². The van der Waals surface area contributed by atoms with E-state index in [0.29, 0.717) is 30.5 Å². The molecule has 0 aliphatic carbocycles. The first-order valence-electron chi connectivity index (χ1n) is 7.61. The van der Waals surface area contributed by atoms with Crippen LogP contribution in [-0.4, -0.2) is 47.8 Å². The molecule has 7 heteroatoms. The van der Waals surface area contributed by atoms with Crippen LogP contribution in [0.4, 0.5) is 0 Å². The lowest BCUT2D eigenvalue weighted by Crippen LogP contribution is -2.30. The largest absolute Gasteiger partial charge is 0.497 e. The van der Waals surface area contributed by atoms with Crippen LogP contribution in [0, 0.1) is 12.8 Å². The van der Waals surface area contributed by atoms with E-state index in [4.69, 9.17) is 9.47 Å². The topological polar surface area (TPSA) is 78.3 Å². The van der Waals surface area contributed by atoms with E-state index in [1.807, 2.05) is 31.2 Å². The van der Waals surface area contributed by atoms with E-state index in [9.17, 15) is 4.79 Å². The van der Waals surface area contributed by atoms with Crippen molar-refractivity contribution in [3.05, 3.63) is 35.7 Å². The number of nitrogens with one attached hydrogen (secondary N) is 1. The molecule has 0 unspecified atom stereocenters. The predicted octanol–water partition coefficient (Wildman–Crippen LogP) is 1.35. The Hall–Kier alpha value is -2.41. The van der Waals surface area contributed by atoms with Crippen LogP contribution in [0.1, 0.15) is 22.6 Å². The normalized spacial score (nSPS) is 17.2. The minimum Gasteiger partial charge on any atom is -0.497 e. The van der Waals surface area contributed by atoms with Crippen molar-refractivity contribution in [3.63, 3.8) is 0 Å². The van der Waals surface area contributed by atoms with Gasteiger partial charge in [-0.3, -0.25) is 4.79 Å². The lowest BCUT2D eigenvalue weighted by molar-refractivity contribution is 0.0939. The SMILES string of the molecule is COc1cccc(-n2nnc(C(=O)NC[C@@H]3CCOC3)c2C)c1. The number of hydrogen-bond acceptors (Lipinski definition) is 5. The van der Waals surface area contributed by atoms with Gasteiger partial charge in [-0.25, -0.2) is 4.68 Å². The molecule has 1 aliphatic heterocycles. The molecule has 0 spiro atoms. The molecule has 3 rings (SSSR count). The van der Waals surface area contributed by atoms with Crippen molar-refractivity contribution in [1.82, 2.24) is 20.3 Å². The fraction of sp³-hybridized carbons (Fsp3) is 0.438. The molecule has 1 N–H and O–H groups in total. The Morgan fingerprint density at radius 2 is 2.39 bits per heavy atom. The Morgan fingerprint density at radius 3 is 3.13 bits per heavy atom. The Balaban J connectivity index is 1.74. The summed E-state index contributed by atoms with van der Waals surface area (Å²) in [6, 6.07) is 7.46. The minimum absolute atomic E-state index is 0.205. The van der Waals surface area contributed by atoms with Gasteiger partial charge in [-0.2, -0.15) is 0 Å². The Labute approximate surface area is 134 Å². The third-order valence-corrected chi connectivity index (χ3v) is 3.98. The summed E-state index contributed by atoms with van der Waals surface area (Å²) in [6.45, 7) is 3.90. The average Bonchev–Trinajstić information content (AvgIpc) is 3.22. The number of carbonyl (C=O) groups excluding carboxylic acids is 1. The maximum atomic E-state index is 12.3. The molecular weight excluding hydrogens is 296 g/mol. The van der Waals surface area contributed by atoms with Gasteiger partial charge in [-0.05, 0) is 25.5 Å². The lowest BCUT2D eigenvalue weighted by Gasteiger charge is -2.09. The molecule has 0 radical (unpaired) electrons. The van der Waals surface area contributed by atoms with Crippen molar-refractivity contribution < 1.29 is 14.3 Å². The van der Waals surface area contributed by atoms with E-state index in [1.54, 1.807) is 11.8 Å². The zero-order valence-electron chi connectivity index (χ0n) is 13.3. The highest BCUT2D eigenvalue weighted by Gasteiger charge is 2.20. The van der Waals surface area contributed by atoms with Crippen molar-refractivity contribution >= 4 is 5.91 Å². The molecular formula is C16H20N4O3. The molecule has 2 aromatic rings. The second kappa shape index (κ2) is 6.78. The molecule has 1 fully saturated rings. The number of rotatable bonds is 5. The van der Waals surface area contributed by atoms with E-state index < -0.39 is 0 Å². The van der Waals surface area contributed by atoms with Crippen LogP contribution in [0.15, 0.2) is 24.3 Å². The van der Waals surface area contributed by atoms with E-state index in [0.717, 1.165) is 24.5 Å². The van der Waals surface area contributed by atoms with Crippen molar-refractivity contribution in [2.75, 3.05) is 26.9 Å². The van der Waals surface area contributed by atoms with Crippen LogP contribution in [0.3, 0.4) is 0 Å². The number of ether oxygens (including phenoxy) is 2. The summed E-state index contributed by atoms with van der Waals surface area (Å²) < 4.78 is 12.2. The summed E-state index contributed by atoms with van der Waals surface area (Å²) in [5, 5.41) is 11.0. The fourth-order valence-electron chi connectivity index (χ4n) is 2.59. The summed E-state index contributed by atoms with van der Waals surface area (Å²) in [5.41, 5.74) is 1.84.